The summed E-state index contributed by atoms with van der Waals surface area (Å²) in [4.78, 5) is 8.55. The molecule has 1 N–H and O–H groups in total. The zero-order valence-electron chi connectivity index (χ0n) is 10.4. The summed E-state index contributed by atoms with van der Waals surface area (Å²) in [5.74, 6) is 1.20. The minimum absolute atomic E-state index is 0.187. The van der Waals surface area contributed by atoms with E-state index in [0.29, 0.717) is 16.8 Å². The van der Waals surface area contributed by atoms with Crippen LogP contribution in [0.5, 0.6) is 0 Å². The van der Waals surface area contributed by atoms with Crippen LogP contribution in [0.2, 0.25) is 5.15 Å². The van der Waals surface area contributed by atoms with Crippen molar-refractivity contribution >= 4 is 45.7 Å². The molecule has 0 fully saturated rings. The molecule has 100 valence electrons. The number of anilines is 2. The number of hydrogen-bond donors (Lipinski definition) is 1. The smallest absolute Gasteiger partial charge is 0.135 e. The molecular formula is C13H12ClFIN3. The second-order valence-corrected chi connectivity index (χ2v) is 5.89. The van der Waals surface area contributed by atoms with E-state index in [-0.39, 0.29) is 11.7 Å². The molecule has 0 aliphatic heterocycles. The summed E-state index contributed by atoms with van der Waals surface area (Å²) in [6.45, 7) is 3.99. The summed E-state index contributed by atoms with van der Waals surface area (Å²) in [6.07, 6.45) is 0. The van der Waals surface area contributed by atoms with Gasteiger partial charge in [0.2, 0.25) is 0 Å². The maximum atomic E-state index is 13.0. The summed E-state index contributed by atoms with van der Waals surface area (Å²) < 4.78 is 13.8. The standard InChI is InChI=1S/C13H12ClFIN3/c1-7(2)13-18-11(14)6-12(19-13)17-10-4-3-8(15)5-9(10)16/h3-7H,1-2H3,(H,17,18,19). The van der Waals surface area contributed by atoms with E-state index < -0.39 is 0 Å². The molecule has 1 aromatic heterocycles. The van der Waals surface area contributed by atoms with E-state index in [0.717, 1.165) is 9.26 Å². The molecule has 0 radical (unpaired) electrons. The third-order valence-electron chi connectivity index (χ3n) is 2.42. The number of aromatic nitrogens is 2. The van der Waals surface area contributed by atoms with Gasteiger partial charge in [0, 0.05) is 15.6 Å². The lowest BCUT2D eigenvalue weighted by Crippen LogP contribution is -2.03. The first kappa shape index (κ1) is 14.5. The minimum atomic E-state index is -0.265. The highest BCUT2D eigenvalue weighted by atomic mass is 127. The first-order valence-corrected chi connectivity index (χ1v) is 7.18. The van der Waals surface area contributed by atoms with Crippen LogP contribution < -0.4 is 5.32 Å². The summed E-state index contributed by atoms with van der Waals surface area (Å²) >= 11 is 8.04. The summed E-state index contributed by atoms with van der Waals surface area (Å²) in [5.41, 5.74) is 0.784. The van der Waals surface area contributed by atoms with Crippen LogP contribution in [0.4, 0.5) is 15.9 Å². The molecule has 0 spiro atoms. The highest BCUT2D eigenvalue weighted by Gasteiger charge is 2.08. The zero-order valence-corrected chi connectivity index (χ0v) is 13.3. The van der Waals surface area contributed by atoms with Crippen molar-refractivity contribution in [2.75, 3.05) is 5.32 Å². The SMILES string of the molecule is CC(C)c1nc(Cl)cc(Nc2ccc(F)cc2I)n1. The van der Waals surface area contributed by atoms with Crippen molar-refractivity contribution in [1.82, 2.24) is 9.97 Å². The lowest BCUT2D eigenvalue weighted by Gasteiger charge is -2.11. The van der Waals surface area contributed by atoms with Crippen LogP contribution in [0.15, 0.2) is 24.3 Å². The fraction of sp³-hybridized carbons (Fsp3) is 0.231. The van der Waals surface area contributed by atoms with Gasteiger partial charge in [-0.15, -0.1) is 0 Å². The van der Waals surface area contributed by atoms with Crippen molar-refractivity contribution in [3.63, 3.8) is 0 Å². The second kappa shape index (κ2) is 6.00. The highest BCUT2D eigenvalue weighted by Crippen LogP contribution is 2.24. The van der Waals surface area contributed by atoms with Gasteiger partial charge in [0.1, 0.15) is 22.6 Å². The van der Waals surface area contributed by atoms with Crippen molar-refractivity contribution in [3.8, 4) is 0 Å². The third kappa shape index (κ3) is 3.76. The normalized spacial score (nSPS) is 10.8. The Kier molecular flexibility index (Phi) is 4.57. The predicted molar refractivity (Wildman–Crippen MR) is 83.5 cm³/mol. The van der Waals surface area contributed by atoms with Crippen LogP contribution >= 0.6 is 34.2 Å². The molecule has 0 bridgehead atoms. The molecule has 0 unspecified atom stereocenters. The van der Waals surface area contributed by atoms with Crippen LogP contribution in [0.1, 0.15) is 25.6 Å². The molecule has 1 heterocycles. The fourth-order valence-corrected chi connectivity index (χ4v) is 2.29. The summed E-state index contributed by atoms with van der Waals surface area (Å²) in [7, 11) is 0. The predicted octanol–water partition coefficient (Wildman–Crippen LogP) is 4.74. The van der Waals surface area contributed by atoms with E-state index in [1.165, 1.54) is 12.1 Å². The van der Waals surface area contributed by atoms with Gasteiger partial charge in [-0.2, -0.15) is 0 Å². The molecule has 19 heavy (non-hydrogen) atoms. The molecule has 0 saturated heterocycles. The van der Waals surface area contributed by atoms with Gasteiger partial charge in [0.15, 0.2) is 0 Å². The molecule has 0 aliphatic rings. The van der Waals surface area contributed by atoms with Gasteiger partial charge in [-0.25, -0.2) is 14.4 Å². The van der Waals surface area contributed by atoms with E-state index >= 15 is 0 Å². The molecule has 2 rings (SSSR count). The lowest BCUT2D eigenvalue weighted by molar-refractivity contribution is 0.627. The molecule has 6 heteroatoms. The van der Waals surface area contributed by atoms with Crippen molar-refractivity contribution in [2.45, 2.75) is 19.8 Å². The van der Waals surface area contributed by atoms with Crippen LogP contribution in [-0.2, 0) is 0 Å². The molecule has 1 aromatic carbocycles. The first-order chi connectivity index (χ1) is 8.95. The Balaban J connectivity index is 2.32. The average molecular weight is 392 g/mol. The van der Waals surface area contributed by atoms with Gasteiger partial charge in [0.05, 0.1) is 5.69 Å². The van der Waals surface area contributed by atoms with Gasteiger partial charge in [-0.1, -0.05) is 25.4 Å². The Bertz CT molecular complexity index is 604. The van der Waals surface area contributed by atoms with Crippen LogP contribution in [0.25, 0.3) is 0 Å². The fourth-order valence-electron chi connectivity index (χ4n) is 1.49. The molecule has 0 saturated carbocycles. The largest absolute Gasteiger partial charge is 0.339 e. The number of rotatable bonds is 3. The maximum Gasteiger partial charge on any atom is 0.135 e. The first-order valence-electron chi connectivity index (χ1n) is 5.72. The van der Waals surface area contributed by atoms with Gasteiger partial charge in [-0.3, -0.25) is 0 Å². The number of nitrogens with zero attached hydrogens (tertiary/aromatic N) is 2. The van der Waals surface area contributed by atoms with Crippen LogP contribution in [0.3, 0.4) is 0 Å². The third-order valence-corrected chi connectivity index (χ3v) is 3.51. The maximum absolute atomic E-state index is 13.0. The monoisotopic (exact) mass is 391 g/mol. The molecule has 0 amide bonds. The van der Waals surface area contributed by atoms with Crippen LogP contribution in [-0.4, -0.2) is 9.97 Å². The van der Waals surface area contributed by atoms with E-state index in [1.807, 2.05) is 13.8 Å². The van der Waals surface area contributed by atoms with Gasteiger partial charge in [0.25, 0.3) is 0 Å². The number of benzene rings is 1. The quantitative estimate of drug-likeness (QED) is 0.606. The summed E-state index contributed by atoms with van der Waals surface area (Å²) in [6, 6.07) is 6.17. The Labute approximate surface area is 129 Å². The van der Waals surface area contributed by atoms with E-state index in [9.17, 15) is 4.39 Å². The second-order valence-electron chi connectivity index (χ2n) is 4.34. The average Bonchev–Trinajstić information content (AvgIpc) is 2.32. The molecule has 0 atom stereocenters. The molecule has 2 aromatic rings. The van der Waals surface area contributed by atoms with Gasteiger partial charge < -0.3 is 5.32 Å². The topological polar surface area (TPSA) is 37.8 Å². The van der Waals surface area contributed by atoms with Crippen molar-refractivity contribution in [1.29, 1.82) is 0 Å². The number of nitrogens with one attached hydrogen (secondary N) is 1. The molecule has 0 aliphatic carbocycles. The highest BCUT2D eigenvalue weighted by molar-refractivity contribution is 14.1. The minimum Gasteiger partial charge on any atom is -0.339 e. The van der Waals surface area contributed by atoms with E-state index in [2.05, 4.69) is 37.9 Å². The Hall–Kier alpha value is -0.950. The molecule has 3 nitrogen and oxygen atoms in total. The zero-order chi connectivity index (χ0) is 14.0. The Morgan fingerprint density at radius 3 is 2.63 bits per heavy atom. The Morgan fingerprint density at radius 1 is 1.26 bits per heavy atom. The van der Waals surface area contributed by atoms with Gasteiger partial charge in [-0.05, 0) is 40.8 Å². The number of hydrogen-bond acceptors (Lipinski definition) is 3. The van der Waals surface area contributed by atoms with Crippen molar-refractivity contribution in [3.05, 3.63) is 44.6 Å². The van der Waals surface area contributed by atoms with Gasteiger partial charge >= 0.3 is 0 Å². The molecular weight excluding hydrogens is 380 g/mol. The Morgan fingerprint density at radius 2 is 2.00 bits per heavy atom. The van der Waals surface area contributed by atoms with Crippen LogP contribution in [0, 0.1) is 9.39 Å². The number of halogens is 3. The van der Waals surface area contributed by atoms with E-state index in [4.69, 9.17) is 11.6 Å². The van der Waals surface area contributed by atoms with E-state index in [1.54, 1.807) is 12.1 Å². The van der Waals surface area contributed by atoms with Crippen molar-refractivity contribution in [2.24, 2.45) is 0 Å². The lowest BCUT2D eigenvalue weighted by atomic mass is 10.2. The van der Waals surface area contributed by atoms with Crippen molar-refractivity contribution < 1.29 is 4.39 Å². The summed E-state index contributed by atoms with van der Waals surface area (Å²) in [5, 5.41) is 3.51.